The van der Waals surface area contributed by atoms with Crippen LogP contribution in [0.25, 0.3) is 23.1 Å². The van der Waals surface area contributed by atoms with Gasteiger partial charge in [0.1, 0.15) is 6.04 Å². The van der Waals surface area contributed by atoms with Crippen LogP contribution in [0.4, 0.5) is 8.78 Å². The Morgan fingerprint density at radius 3 is 2.74 bits per heavy atom. The first-order chi connectivity index (χ1) is 16.3. The maximum atomic E-state index is 13.6. The van der Waals surface area contributed by atoms with E-state index in [2.05, 4.69) is 15.3 Å². The number of likely N-dealkylation sites (tertiary alicyclic amines) is 1. The molecule has 34 heavy (non-hydrogen) atoms. The van der Waals surface area contributed by atoms with E-state index >= 15 is 0 Å². The van der Waals surface area contributed by atoms with E-state index < -0.39 is 43.3 Å². The monoisotopic (exact) mass is 463 g/mol. The summed E-state index contributed by atoms with van der Waals surface area (Å²) in [6, 6.07) is 10.4. The Kier molecular flexibility index (Phi) is 6.19. The van der Waals surface area contributed by atoms with Gasteiger partial charge in [0.15, 0.2) is 0 Å². The molecule has 172 valence electrons. The summed E-state index contributed by atoms with van der Waals surface area (Å²) in [6.07, 6.45) is 5.92. The van der Waals surface area contributed by atoms with Gasteiger partial charge >= 0.3 is 0 Å². The molecule has 0 aliphatic carbocycles. The zero-order valence-corrected chi connectivity index (χ0v) is 17.8. The SMILES string of the molecule is N#CC1CC(F)(F)CN1C(=O)CNC(=O)c1ccnc2ccc(/C=C/c3ccc(=O)[nH]c3)cc12. The van der Waals surface area contributed by atoms with Gasteiger partial charge in [-0.3, -0.25) is 19.4 Å². The molecule has 1 aliphatic rings. The highest BCUT2D eigenvalue weighted by Gasteiger charge is 2.47. The van der Waals surface area contributed by atoms with Crippen molar-refractivity contribution in [2.24, 2.45) is 0 Å². The molecule has 3 aromatic rings. The Bertz CT molecular complexity index is 1370. The summed E-state index contributed by atoms with van der Waals surface area (Å²) in [5.74, 6) is -4.44. The van der Waals surface area contributed by atoms with Crippen molar-refractivity contribution < 1.29 is 18.4 Å². The molecule has 0 saturated carbocycles. The van der Waals surface area contributed by atoms with Crippen molar-refractivity contribution in [1.29, 1.82) is 5.26 Å². The van der Waals surface area contributed by atoms with Gasteiger partial charge in [-0.25, -0.2) is 8.78 Å². The van der Waals surface area contributed by atoms with Crippen LogP contribution in [0.1, 0.15) is 27.9 Å². The van der Waals surface area contributed by atoms with E-state index in [0.717, 1.165) is 16.0 Å². The third-order valence-corrected chi connectivity index (χ3v) is 5.43. The molecule has 1 aliphatic heterocycles. The summed E-state index contributed by atoms with van der Waals surface area (Å²) >= 11 is 0. The highest BCUT2D eigenvalue weighted by Crippen LogP contribution is 2.31. The number of aromatic amines is 1. The van der Waals surface area contributed by atoms with Crippen LogP contribution in [0.5, 0.6) is 0 Å². The van der Waals surface area contributed by atoms with Crippen LogP contribution in [-0.2, 0) is 4.79 Å². The number of hydrogen-bond donors (Lipinski definition) is 2. The minimum absolute atomic E-state index is 0.204. The van der Waals surface area contributed by atoms with E-state index in [-0.39, 0.29) is 11.1 Å². The highest BCUT2D eigenvalue weighted by atomic mass is 19.3. The fraction of sp³-hybridized carbons (Fsp3) is 0.208. The first-order valence-electron chi connectivity index (χ1n) is 10.4. The first-order valence-corrected chi connectivity index (χ1v) is 10.4. The highest BCUT2D eigenvalue weighted by molar-refractivity contribution is 6.07. The van der Waals surface area contributed by atoms with Gasteiger partial charge < -0.3 is 15.2 Å². The maximum absolute atomic E-state index is 13.6. The topological polar surface area (TPSA) is 119 Å². The largest absolute Gasteiger partial charge is 0.343 e. The molecule has 2 N–H and O–H groups in total. The van der Waals surface area contributed by atoms with E-state index in [9.17, 15) is 23.2 Å². The summed E-state index contributed by atoms with van der Waals surface area (Å²) < 4.78 is 27.2. The molecular weight excluding hydrogens is 444 g/mol. The summed E-state index contributed by atoms with van der Waals surface area (Å²) in [6.45, 7) is -1.36. The molecule has 1 unspecified atom stereocenters. The van der Waals surface area contributed by atoms with Crippen molar-refractivity contribution in [1.82, 2.24) is 20.2 Å². The van der Waals surface area contributed by atoms with Crippen molar-refractivity contribution in [3.8, 4) is 6.07 Å². The Hall–Kier alpha value is -4.39. The molecule has 1 atom stereocenters. The lowest BCUT2D eigenvalue weighted by Crippen LogP contribution is -2.43. The summed E-state index contributed by atoms with van der Waals surface area (Å²) in [7, 11) is 0. The molecule has 1 fully saturated rings. The lowest BCUT2D eigenvalue weighted by atomic mass is 10.0. The molecular formula is C24H19F2N5O3. The van der Waals surface area contributed by atoms with Crippen LogP contribution < -0.4 is 10.9 Å². The summed E-state index contributed by atoms with van der Waals surface area (Å²) in [4.78, 5) is 44.0. The summed E-state index contributed by atoms with van der Waals surface area (Å²) in [5, 5.41) is 12.1. The Morgan fingerprint density at radius 1 is 1.24 bits per heavy atom. The minimum Gasteiger partial charge on any atom is -0.343 e. The van der Waals surface area contributed by atoms with Crippen molar-refractivity contribution >= 4 is 34.9 Å². The second kappa shape index (κ2) is 9.23. The molecule has 10 heteroatoms. The lowest BCUT2D eigenvalue weighted by molar-refractivity contribution is -0.131. The van der Waals surface area contributed by atoms with E-state index in [0.29, 0.717) is 10.9 Å². The molecule has 2 amide bonds. The number of H-pyrrole nitrogens is 1. The average molecular weight is 463 g/mol. The fourth-order valence-corrected chi connectivity index (χ4v) is 3.73. The predicted octanol–water partition coefficient (Wildman–Crippen LogP) is 2.58. The molecule has 3 heterocycles. The number of rotatable bonds is 5. The van der Waals surface area contributed by atoms with Crippen molar-refractivity contribution in [2.45, 2.75) is 18.4 Å². The van der Waals surface area contributed by atoms with E-state index in [1.807, 2.05) is 6.07 Å². The van der Waals surface area contributed by atoms with Crippen LogP contribution in [0, 0.1) is 11.3 Å². The van der Waals surface area contributed by atoms with Crippen LogP contribution >= 0.6 is 0 Å². The third-order valence-electron chi connectivity index (χ3n) is 5.43. The number of aromatic nitrogens is 2. The van der Waals surface area contributed by atoms with Gasteiger partial charge in [0.25, 0.3) is 11.8 Å². The standard InChI is InChI=1S/C24H19F2N5O3/c25-24(26)10-17(11-27)31(14-24)22(33)13-30-23(34)18-7-8-28-20-5-3-15(9-19(18)20)1-2-16-4-6-21(32)29-12-16/h1-9,12,17H,10,13-14H2,(H,29,32)(H,30,34)/b2-1+. The zero-order valence-electron chi connectivity index (χ0n) is 17.8. The first kappa shape index (κ1) is 22.8. The molecule has 0 radical (unpaired) electrons. The number of carbonyl (C=O) groups excluding carboxylic acids is 2. The number of halogens is 2. The third kappa shape index (κ3) is 4.99. The number of nitriles is 1. The second-order valence-corrected chi connectivity index (χ2v) is 7.86. The zero-order chi connectivity index (χ0) is 24.3. The van der Waals surface area contributed by atoms with Gasteiger partial charge in [0, 0.05) is 30.3 Å². The molecule has 1 saturated heterocycles. The predicted molar refractivity (Wildman–Crippen MR) is 121 cm³/mol. The molecule has 8 nitrogen and oxygen atoms in total. The minimum atomic E-state index is -3.12. The normalized spacial score (nSPS) is 17.1. The van der Waals surface area contributed by atoms with Crippen LogP contribution in [-0.4, -0.2) is 51.7 Å². The smallest absolute Gasteiger partial charge is 0.268 e. The Balaban J connectivity index is 1.50. The number of pyridine rings is 2. The van der Waals surface area contributed by atoms with Gasteiger partial charge in [-0.05, 0) is 35.4 Å². The number of hydrogen-bond acceptors (Lipinski definition) is 5. The second-order valence-electron chi connectivity index (χ2n) is 7.86. The van der Waals surface area contributed by atoms with E-state index in [1.54, 1.807) is 42.6 Å². The number of alkyl halides is 2. The van der Waals surface area contributed by atoms with Gasteiger partial charge in [-0.1, -0.05) is 18.2 Å². The van der Waals surface area contributed by atoms with Crippen LogP contribution in [0.15, 0.2) is 53.6 Å². The van der Waals surface area contributed by atoms with Crippen molar-refractivity contribution in [3.63, 3.8) is 0 Å². The van der Waals surface area contributed by atoms with Gasteiger partial charge in [-0.2, -0.15) is 5.26 Å². The number of nitrogens with zero attached hydrogens (tertiary/aromatic N) is 3. The maximum Gasteiger partial charge on any atom is 0.268 e. The molecule has 0 bridgehead atoms. The fourth-order valence-electron chi connectivity index (χ4n) is 3.73. The number of fused-ring (bicyclic) bond motifs is 1. The van der Waals surface area contributed by atoms with Gasteiger partial charge in [0.05, 0.1) is 30.2 Å². The quantitative estimate of drug-likeness (QED) is 0.603. The van der Waals surface area contributed by atoms with Crippen molar-refractivity contribution in [2.75, 3.05) is 13.1 Å². The molecule has 4 rings (SSSR count). The Labute approximate surface area is 192 Å². The number of amides is 2. The van der Waals surface area contributed by atoms with Crippen LogP contribution in [0.3, 0.4) is 0 Å². The number of nitrogens with one attached hydrogen (secondary N) is 2. The molecule has 0 spiro atoms. The van der Waals surface area contributed by atoms with Gasteiger partial charge in [0.2, 0.25) is 11.5 Å². The Morgan fingerprint density at radius 2 is 2.00 bits per heavy atom. The number of benzene rings is 1. The molecule has 1 aromatic carbocycles. The lowest BCUT2D eigenvalue weighted by Gasteiger charge is -2.19. The molecule has 2 aromatic heterocycles. The van der Waals surface area contributed by atoms with Crippen molar-refractivity contribution in [3.05, 3.63) is 75.8 Å². The van der Waals surface area contributed by atoms with Crippen LogP contribution in [0.2, 0.25) is 0 Å². The van der Waals surface area contributed by atoms with Gasteiger partial charge in [-0.15, -0.1) is 0 Å². The van der Waals surface area contributed by atoms with E-state index in [1.165, 1.54) is 18.3 Å². The number of carbonyl (C=O) groups is 2. The summed E-state index contributed by atoms with van der Waals surface area (Å²) in [5.41, 5.74) is 2.17. The average Bonchev–Trinajstić information content (AvgIpc) is 3.16. The van der Waals surface area contributed by atoms with E-state index in [4.69, 9.17) is 5.26 Å².